The van der Waals surface area contributed by atoms with Crippen molar-refractivity contribution in [2.75, 3.05) is 13.1 Å². The Labute approximate surface area is 147 Å². The van der Waals surface area contributed by atoms with Crippen LogP contribution in [0.2, 0.25) is 5.02 Å². The van der Waals surface area contributed by atoms with Gasteiger partial charge in [-0.2, -0.15) is 0 Å². The molecule has 5 heteroatoms. The molecule has 0 aromatic heterocycles. The van der Waals surface area contributed by atoms with E-state index in [0.29, 0.717) is 23.7 Å². The summed E-state index contributed by atoms with van der Waals surface area (Å²) < 4.78 is 0. The molecular weight excluding hydrogens is 331 g/mol. The maximum Gasteiger partial charge on any atom is 0.255 e. The molecule has 2 N–H and O–H groups in total. The van der Waals surface area contributed by atoms with Gasteiger partial charge in [-0.3, -0.25) is 4.79 Å². The molecule has 0 saturated carbocycles. The van der Waals surface area contributed by atoms with Gasteiger partial charge in [0.1, 0.15) is 0 Å². The normalized spacial score (nSPS) is 15.1. The van der Waals surface area contributed by atoms with Gasteiger partial charge in [0.05, 0.1) is 10.6 Å². The molecule has 0 radical (unpaired) electrons. The van der Waals surface area contributed by atoms with Crippen molar-refractivity contribution in [1.29, 1.82) is 0 Å². The van der Waals surface area contributed by atoms with Crippen LogP contribution in [0.15, 0.2) is 48.5 Å². The van der Waals surface area contributed by atoms with E-state index >= 15 is 0 Å². The Morgan fingerprint density at radius 2 is 1.70 bits per heavy atom. The Balaban J connectivity index is 0.00000192. The van der Waals surface area contributed by atoms with Crippen molar-refractivity contribution in [3.8, 4) is 11.1 Å². The first kappa shape index (κ1) is 17.8. The van der Waals surface area contributed by atoms with Gasteiger partial charge < -0.3 is 10.6 Å². The van der Waals surface area contributed by atoms with Crippen molar-refractivity contribution in [1.82, 2.24) is 4.90 Å². The lowest BCUT2D eigenvalue weighted by Gasteiger charge is -2.30. The van der Waals surface area contributed by atoms with E-state index < -0.39 is 0 Å². The van der Waals surface area contributed by atoms with Crippen LogP contribution in [0.3, 0.4) is 0 Å². The summed E-state index contributed by atoms with van der Waals surface area (Å²) in [6, 6.07) is 15.8. The van der Waals surface area contributed by atoms with Gasteiger partial charge in [-0.15, -0.1) is 12.4 Å². The molecule has 1 amide bonds. The van der Waals surface area contributed by atoms with Gasteiger partial charge in [-0.05, 0) is 36.1 Å². The number of carbonyl (C=O) groups is 1. The standard InChI is InChI=1S/C18H19ClN2O.ClH/c19-17-7-6-14(13-4-2-1-3-5-13)12-16(17)18(22)21-10-8-15(20)9-11-21;/h1-7,12,15H,8-11,20H2;1H. The Bertz CT molecular complexity index is 668. The van der Waals surface area contributed by atoms with Crippen LogP contribution in [0.1, 0.15) is 23.2 Å². The first-order chi connectivity index (χ1) is 10.6. The summed E-state index contributed by atoms with van der Waals surface area (Å²) in [5.41, 5.74) is 8.55. The smallest absolute Gasteiger partial charge is 0.255 e. The lowest BCUT2D eigenvalue weighted by molar-refractivity contribution is 0.0715. The topological polar surface area (TPSA) is 46.3 Å². The quantitative estimate of drug-likeness (QED) is 0.889. The number of carbonyl (C=O) groups excluding carboxylic acids is 1. The number of hydrogen-bond donors (Lipinski definition) is 1. The van der Waals surface area contributed by atoms with Crippen LogP contribution in [-0.4, -0.2) is 29.9 Å². The number of likely N-dealkylation sites (tertiary alicyclic amines) is 1. The molecular formula is C18H20Cl2N2O. The van der Waals surface area contributed by atoms with Crippen LogP contribution in [-0.2, 0) is 0 Å². The first-order valence-electron chi connectivity index (χ1n) is 7.55. The third-order valence-electron chi connectivity index (χ3n) is 4.13. The van der Waals surface area contributed by atoms with E-state index in [9.17, 15) is 4.79 Å². The largest absolute Gasteiger partial charge is 0.338 e. The highest BCUT2D eigenvalue weighted by Crippen LogP contribution is 2.26. The summed E-state index contributed by atoms with van der Waals surface area (Å²) in [7, 11) is 0. The molecule has 1 saturated heterocycles. The Kier molecular flexibility index (Phi) is 6.05. The molecule has 122 valence electrons. The first-order valence-corrected chi connectivity index (χ1v) is 7.93. The number of rotatable bonds is 2. The van der Waals surface area contributed by atoms with Crippen LogP contribution in [0.25, 0.3) is 11.1 Å². The molecule has 0 spiro atoms. The van der Waals surface area contributed by atoms with Crippen molar-refractivity contribution in [3.63, 3.8) is 0 Å². The highest BCUT2D eigenvalue weighted by molar-refractivity contribution is 6.34. The van der Waals surface area contributed by atoms with Gasteiger partial charge in [0.15, 0.2) is 0 Å². The highest BCUT2D eigenvalue weighted by atomic mass is 35.5. The monoisotopic (exact) mass is 350 g/mol. The van der Waals surface area contributed by atoms with Crippen molar-refractivity contribution in [2.24, 2.45) is 5.73 Å². The molecule has 2 aromatic rings. The summed E-state index contributed by atoms with van der Waals surface area (Å²) >= 11 is 6.25. The second-order valence-electron chi connectivity index (χ2n) is 5.69. The maximum absolute atomic E-state index is 12.7. The second-order valence-corrected chi connectivity index (χ2v) is 6.10. The number of hydrogen-bond acceptors (Lipinski definition) is 2. The fourth-order valence-electron chi connectivity index (χ4n) is 2.77. The van der Waals surface area contributed by atoms with Crippen molar-refractivity contribution in [3.05, 3.63) is 59.1 Å². The summed E-state index contributed by atoms with van der Waals surface area (Å²) in [5, 5.41) is 0.500. The minimum Gasteiger partial charge on any atom is -0.338 e. The molecule has 23 heavy (non-hydrogen) atoms. The van der Waals surface area contributed by atoms with Crippen LogP contribution in [0.4, 0.5) is 0 Å². The van der Waals surface area contributed by atoms with Gasteiger partial charge >= 0.3 is 0 Å². The van der Waals surface area contributed by atoms with Gasteiger partial charge in [0, 0.05) is 19.1 Å². The van der Waals surface area contributed by atoms with Crippen molar-refractivity contribution >= 4 is 29.9 Å². The van der Waals surface area contributed by atoms with Crippen LogP contribution >= 0.6 is 24.0 Å². The highest BCUT2D eigenvalue weighted by Gasteiger charge is 2.23. The Morgan fingerprint density at radius 1 is 1.04 bits per heavy atom. The second kappa shape index (κ2) is 7.82. The zero-order chi connectivity index (χ0) is 15.5. The fraction of sp³-hybridized carbons (Fsp3) is 0.278. The van der Waals surface area contributed by atoms with E-state index in [1.807, 2.05) is 47.4 Å². The number of amides is 1. The maximum atomic E-state index is 12.7. The van der Waals surface area contributed by atoms with E-state index in [4.69, 9.17) is 17.3 Å². The number of halogens is 2. The number of piperidine rings is 1. The van der Waals surface area contributed by atoms with E-state index in [1.165, 1.54) is 0 Å². The van der Waals surface area contributed by atoms with Gasteiger partial charge in [0.2, 0.25) is 0 Å². The van der Waals surface area contributed by atoms with Crippen molar-refractivity contribution < 1.29 is 4.79 Å². The molecule has 3 nitrogen and oxygen atoms in total. The SMILES string of the molecule is Cl.NC1CCN(C(=O)c2cc(-c3ccccc3)ccc2Cl)CC1. The molecule has 1 fully saturated rings. The molecule has 0 aliphatic carbocycles. The van der Waals surface area contributed by atoms with Gasteiger partial charge in [-0.25, -0.2) is 0 Å². The molecule has 2 aromatic carbocycles. The average molecular weight is 351 g/mol. The van der Waals surface area contributed by atoms with E-state index in [2.05, 4.69) is 0 Å². The van der Waals surface area contributed by atoms with Crippen LogP contribution in [0.5, 0.6) is 0 Å². The fourth-order valence-corrected chi connectivity index (χ4v) is 2.97. The Hall–Kier alpha value is -1.55. The number of nitrogens with two attached hydrogens (primary N) is 1. The predicted octanol–water partition coefficient (Wildman–Crippen LogP) is 3.99. The Morgan fingerprint density at radius 3 is 2.35 bits per heavy atom. The molecule has 1 aliphatic rings. The third kappa shape index (κ3) is 4.05. The predicted molar refractivity (Wildman–Crippen MR) is 97.2 cm³/mol. The molecule has 0 unspecified atom stereocenters. The minimum atomic E-state index is -0.00492. The van der Waals surface area contributed by atoms with E-state index in [0.717, 1.165) is 24.0 Å². The lowest BCUT2D eigenvalue weighted by Crippen LogP contribution is -2.42. The van der Waals surface area contributed by atoms with E-state index in [1.54, 1.807) is 6.07 Å². The van der Waals surface area contributed by atoms with Gasteiger partial charge in [0.25, 0.3) is 5.91 Å². The summed E-state index contributed by atoms with van der Waals surface area (Å²) in [4.78, 5) is 14.6. The van der Waals surface area contributed by atoms with Crippen LogP contribution < -0.4 is 5.73 Å². The number of nitrogens with zero attached hydrogens (tertiary/aromatic N) is 1. The zero-order valence-electron chi connectivity index (χ0n) is 12.7. The third-order valence-corrected chi connectivity index (χ3v) is 4.46. The summed E-state index contributed by atoms with van der Waals surface area (Å²) in [6.07, 6.45) is 1.70. The molecule has 1 aliphatic heterocycles. The molecule has 0 bridgehead atoms. The molecule has 3 rings (SSSR count). The van der Waals surface area contributed by atoms with Crippen LogP contribution in [0, 0.1) is 0 Å². The average Bonchev–Trinajstić information content (AvgIpc) is 2.56. The summed E-state index contributed by atoms with van der Waals surface area (Å²) in [6.45, 7) is 1.40. The summed E-state index contributed by atoms with van der Waals surface area (Å²) in [5.74, 6) is -0.00492. The minimum absolute atomic E-state index is 0. The lowest BCUT2D eigenvalue weighted by atomic mass is 10.0. The van der Waals surface area contributed by atoms with E-state index in [-0.39, 0.29) is 24.4 Å². The molecule has 0 atom stereocenters. The molecule has 1 heterocycles. The van der Waals surface area contributed by atoms with Gasteiger partial charge in [-0.1, -0.05) is 48.0 Å². The zero-order valence-corrected chi connectivity index (χ0v) is 14.3. The number of benzene rings is 2. The van der Waals surface area contributed by atoms with Crippen molar-refractivity contribution in [2.45, 2.75) is 18.9 Å².